The Bertz CT molecular complexity index is 1420. The maximum atomic E-state index is 13.4. The van der Waals surface area contributed by atoms with Gasteiger partial charge in [0.2, 0.25) is 11.8 Å². The van der Waals surface area contributed by atoms with Crippen molar-refractivity contribution < 1.29 is 28.7 Å². The average molecular weight is 634 g/mol. The number of hydrogen-bond acceptors (Lipinski definition) is 8. The van der Waals surface area contributed by atoms with Gasteiger partial charge in [-0.25, -0.2) is 14.8 Å². The summed E-state index contributed by atoms with van der Waals surface area (Å²) in [4.78, 5) is 69.4. The lowest BCUT2D eigenvalue weighted by atomic mass is 9.91. The predicted molar refractivity (Wildman–Crippen MR) is 167 cm³/mol. The summed E-state index contributed by atoms with van der Waals surface area (Å²) in [6.07, 6.45) is 5.80. The van der Waals surface area contributed by atoms with Gasteiger partial charge < -0.3 is 34.6 Å². The molecule has 0 radical (unpaired) electrons. The van der Waals surface area contributed by atoms with Gasteiger partial charge in [0, 0.05) is 13.1 Å². The number of hydrogen-bond donors (Lipinski definition) is 3. The minimum absolute atomic E-state index is 0.0115. The van der Waals surface area contributed by atoms with Crippen molar-refractivity contribution >= 4 is 23.9 Å². The van der Waals surface area contributed by atoms with E-state index in [1.54, 1.807) is 22.2 Å². The number of nitrogens with zero attached hydrogens (tertiary/aromatic N) is 4. The summed E-state index contributed by atoms with van der Waals surface area (Å²) >= 11 is 0. The molecule has 2 saturated heterocycles. The molecule has 0 bridgehead atoms. The molecule has 246 valence electrons. The number of alkyl carbamates (subject to hydrolysis) is 1. The van der Waals surface area contributed by atoms with E-state index in [4.69, 9.17) is 9.47 Å². The number of likely N-dealkylation sites (tertiary alicyclic amines) is 2. The first-order valence-electron chi connectivity index (χ1n) is 15.7. The number of esters is 1. The zero-order valence-electron chi connectivity index (χ0n) is 27.3. The molecule has 4 atom stereocenters. The van der Waals surface area contributed by atoms with E-state index in [1.165, 1.54) is 14.2 Å². The number of aromatic nitrogens is 4. The monoisotopic (exact) mass is 633 g/mol. The van der Waals surface area contributed by atoms with Crippen molar-refractivity contribution in [1.82, 2.24) is 35.1 Å². The topological polar surface area (TPSA) is 163 Å². The highest BCUT2D eigenvalue weighted by Crippen LogP contribution is 2.34. The normalized spacial score (nSPS) is 18.8. The van der Waals surface area contributed by atoms with Gasteiger partial charge in [-0.2, -0.15) is 0 Å². The number of carbonyl (C=O) groups excluding carboxylic acids is 4. The molecule has 0 saturated carbocycles. The number of aromatic amines is 2. The van der Waals surface area contributed by atoms with Gasteiger partial charge in [-0.1, -0.05) is 27.7 Å². The van der Waals surface area contributed by atoms with Crippen LogP contribution in [0.25, 0.3) is 0 Å². The molecule has 0 aliphatic carbocycles. The van der Waals surface area contributed by atoms with Crippen LogP contribution in [0.2, 0.25) is 0 Å². The first kappa shape index (κ1) is 34.1. The lowest BCUT2D eigenvalue weighted by Crippen LogP contribution is -2.51. The molecule has 0 spiro atoms. The van der Waals surface area contributed by atoms with E-state index in [0.717, 1.165) is 25.7 Å². The predicted octanol–water partition coefficient (Wildman–Crippen LogP) is 3.08. The third kappa shape index (κ3) is 8.08. The van der Waals surface area contributed by atoms with Gasteiger partial charge in [-0.15, -0.1) is 0 Å². The SMILES string of the molecule is COC(=O)C[C@H](C(=O)N1CCC[C@H]1c1ncc(C#CC#Cc2cnc([C@@H]3CCCN3C(=O)[C@@H](NC(=O)OC)C(C)C)[nH]2)[nH]1)C(C)C. The molecule has 46 heavy (non-hydrogen) atoms. The molecule has 0 aromatic carbocycles. The Kier molecular flexibility index (Phi) is 11.5. The summed E-state index contributed by atoms with van der Waals surface area (Å²) in [7, 11) is 2.60. The Morgan fingerprint density at radius 3 is 1.83 bits per heavy atom. The number of rotatable bonds is 9. The standard InChI is InChI=1S/C33H43N7O6/c1-20(2)24(17-27(41)45-5)31(42)39-15-9-13-25(39)29-34-18-22(36-29)11-7-8-12-23-19-35-30(37-23)26-14-10-16-40(26)32(43)28(21(3)4)38-33(44)46-6/h18-21,24-26,28H,9-10,13-17H2,1-6H3,(H,34,36)(H,35,37)(H,38,44)/t24-,25-,26-,28-/m0/s1. The molecule has 0 unspecified atom stereocenters. The maximum Gasteiger partial charge on any atom is 0.407 e. The molecule has 2 aromatic heterocycles. The summed E-state index contributed by atoms with van der Waals surface area (Å²) in [6.45, 7) is 8.77. The second-order valence-corrected chi connectivity index (χ2v) is 12.2. The number of amides is 3. The van der Waals surface area contributed by atoms with E-state index >= 15 is 0 Å². The van der Waals surface area contributed by atoms with Crippen LogP contribution in [-0.4, -0.2) is 87.0 Å². The molecule has 13 nitrogen and oxygen atoms in total. The zero-order chi connectivity index (χ0) is 33.4. The highest BCUT2D eigenvalue weighted by molar-refractivity contribution is 5.86. The zero-order valence-corrected chi connectivity index (χ0v) is 27.3. The van der Waals surface area contributed by atoms with Crippen LogP contribution in [0.1, 0.15) is 94.9 Å². The molecule has 2 aromatic rings. The van der Waals surface area contributed by atoms with Gasteiger partial charge in [0.1, 0.15) is 29.1 Å². The summed E-state index contributed by atoms with van der Waals surface area (Å²) < 4.78 is 9.51. The third-order valence-corrected chi connectivity index (χ3v) is 8.48. The largest absolute Gasteiger partial charge is 0.469 e. The molecule has 2 aliphatic heterocycles. The third-order valence-electron chi connectivity index (χ3n) is 8.48. The highest BCUT2D eigenvalue weighted by atomic mass is 16.5. The average Bonchev–Trinajstić information content (AvgIpc) is 3.86. The summed E-state index contributed by atoms with van der Waals surface area (Å²) in [5, 5.41) is 2.65. The van der Waals surface area contributed by atoms with Crippen molar-refractivity contribution in [1.29, 1.82) is 0 Å². The van der Waals surface area contributed by atoms with Crippen molar-refractivity contribution in [3.63, 3.8) is 0 Å². The minimum Gasteiger partial charge on any atom is -0.469 e. The Morgan fingerprint density at radius 2 is 1.37 bits per heavy atom. The van der Waals surface area contributed by atoms with E-state index in [2.05, 4.69) is 48.9 Å². The molecular formula is C33H43N7O6. The smallest absolute Gasteiger partial charge is 0.407 e. The van der Waals surface area contributed by atoms with Crippen molar-refractivity contribution in [3.8, 4) is 23.7 Å². The molecule has 4 heterocycles. The lowest BCUT2D eigenvalue weighted by Gasteiger charge is -2.29. The molecular weight excluding hydrogens is 590 g/mol. The molecule has 3 N–H and O–H groups in total. The maximum absolute atomic E-state index is 13.4. The van der Waals surface area contributed by atoms with Crippen LogP contribution in [0.15, 0.2) is 12.4 Å². The van der Waals surface area contributed by atoms with E-state index < -0.39 is 24.0 Å². The number of imidazole rings is 2. The van der Waals surface area contributed by atoms with Crippen molar-refractivity contribution in [2.24, 2.45) is 17.8 Å². The Labute approximate surface area is 269 Å². The van der Waals surface area contributed by atoms with Gasteiger partial charge in [0.05, 0.1) is 51.0 Å². The van der Waals surface area contributed by atoms with Gasteiger partial charge in [-0.3, -0.25) is 14.4 Å². The molecule has 2 fully saturated rings. The summed E-state index contributed by atoms with van der Waals surface area (Å²) in [6, 6.07) is -1.18. The van der Waals surface area contributed by atoms with Crippen molar-refractivity contribution in [3.05, 3.63) is 35.4 Å². The Hall–Kier alpha value is -4.78. The lowest BCUT2D eigenvalue weighted by molar-refractivity contribution is -0.148. The van der Waals surface area contributed by atoms with Gasteiger partial charge in [0.15, 0.2) is 0 Å². The van der Waals surface area contributed by atoms with Crippen LogP contribution in [-0.2, 0) is 23.9 Å². The number of carbonyl (C=O) groups is 4. The number of H-pyrrole nitrogens is 2. The van der Waals surface area contributed by atoms with Gasteiger partial charge in [0.25, 0.3) is 0 Å². The second kappa shape index (κ2) is 15.5. The molecule has 3 amide bonds. The summed E-state index contributed by atoms with van der Waals surface area (Å²) in [5.74, 6) is 11.6. The second-order valence-electron chi connectivity index (χ2n) is 12.2. The Balaban J connectivity index is 1.40. The van der Waals surface area contributed by atoms with E-state index in [9.17, 15) is 19.2 Å². The van der Waals surface area contributed by atoms with Crippen LogP contribution in [0.4, 0.5) is 4.79 Å². The van der Waals surface area contributed by atoms with E-state index in [1.807, 2.05) is 27.7 Å². The van der Waals surface area contributed by atoms with Crippen molar-refractivity contribution in [2.75, 3.05) is 27.3 Å². The molecule has 13 heteroatoms. The molecule has 4 rings (SSSR count). The fraction of sp³-hybridized carbons (Fsp3) is 0.576. The number of nitrogens with one attached hydrogen (secondary N) is 3. The van der Waals surface area contributed by atoms with Crippen LogP contribution >= 0.6 is 0 Å². The molecule has 2 aliphatic rings. The van der Waals surface area contributed by atoms with Crippen LogP contribution in [0, 0.1) is 41.4 Å². The fourth-order valence-electron chi connectivity index (χ4n) is 5.93. The van der Waals surface area contributed by atoms with Gasteiger partial charge in [-0.05, 0) is 61.2 Å². The summed E-state index contributed by atoms with van der Waals surface area (Å²) in [5.41, 5.74) is 1.14. The van der Waals surface area contributed by atoms with Gasteiger partial charge >= 0.3 is 12.1 Å². The minimum atomic E-state index is -0.707. The van der Waals surface area contributed by atoms with Crippen molar-refractivity contribution in [2.45, 2.75) is 77.9 Å². The quantitative estimate of drug-likeness (QED) is 0.280. The first-order valence-corrected chi connectivity index (χ1v) is 15.7. The fourth-order valence-corrected chi connectivity index (χ4v) is 5.93. The van der Waals surface area contributed by atoms with E-state index in [0.29, 0.717) is 36.1 Å². The number of methoxy groups -OCH3 is 2. The first-order chi connectivity index (χ1) is 22.0. The van der Waals surface area contributed by atoms with Crippen LogP contribution < -0.4 is 5.32 Å². The highest BCUT2D eigenvalue weighted by Gasteiger charge is 2.38. The number of ether oxygens (including phenoxy) is 2. The van der Waals surface area contributed by atoms with Crippen LogP contribution in [0.5, 0.6) is 0 Å². The Morgan fingerprint density at radius 1 is 0.848 bits per heavy atom. The van der Waals surface area contributed by atoms with Crippen LogP contribution in [0.3, 0.4) is 0 Å². The van der Waals surface area contributed by atoms with E-state index in [-0.39, 0.29) is 42.2 Å².